The number of benzene rings is 1. The topological polar surface area (TPSA) is 40.1 Å². The lowest BCUT2D eigenvalue weighted by Crippen LogP contribution is -2.46. The van der Waals surface area contributed by atoms with Gasteiger partial charge in [0.15, 0.2) is 5.96 Å². The van der Waals surface area contributed by atoms with Gasteiger partial charge in [-0.3, -0.25) is 9.89 Å². The van der Waals surface area contributed by atoms with Crippen LogP contribution in [0.4, 0.5) is 4.39 Å². The van der Waals surface area contributed by atoms with Gasteiger partial charge in [0.2, 0.25) is 0 Å². The number of likely N-dealkylation sites (tertiary alicyclic amines) is 1. The number of hydrogen-bond acceptors (Lipinski definition) is 3. The summed E-state index contributed by atoms with van der Waals surface area (Å²) >= 11 is 0. The maximum absolute atomic E-state index is 13.2. The Kier molecular flexibility index (Phi) is 7.26. The van der Waals surface area contributed by atoms with Crippen LogP contribution in [0, 0.1) is 5.82 Å². The van der Waals surface area contributed by atoms with Gasteiger partial charge in [0.25, 0.3) is 0 Å². The van der Waals surface area contributed by atoms with E-state index in [1.807, 2.05) is 6.07 Å². The zero-order valence-electron chi connectivity index (χ0n) is 15.8. The van der Waals surface area contributed by atoms with Crippen LogP contribution in [0.3, 0.4) is 0 Å². The van der Waals surface area contributed by atoms with Gasteiger partial charge in [-0.15, -0.1) is 0 Å². The van der Waals surface area contributed by atoms with Crippen LogP contribution in [0.5, 0.6) is 0 Å². The highest BCUT2D eigenvalue weighted by Gasteiger charge is 2.30. The Bertz CT molecular complexity index is 589. The van der Waals surface area contributed by atoms with Crippen molar-refractivity contribution in [2.45, 2.75) is 32.2 Å². The van der Waals surface area contributed by atoms with Crippen LogP contribution in [0.25, 0.3) is 0 Å². The van der Waals surface area contributed by atoms with Crippen molar-refractivity contribution in [2.24, 2.45) is 4.99 Å². The predicted molar refractivity (Wildman–Crippen MR) is 103 cm³/mol. The monoisotopic (exact) mass is 362 g/mol. The Balaban J connectivity index is 1.49. The Hall–Kier alpha value is -1.66. The molecule has 1 N–H and O–H groups in total. The van der Waals surface area contributed by atoms with Crippen molar-refractivity contribution < 1.29 is 9.13 Å². The second-order valence-electron chi connectivity index (χ2n) is 7.01. The van der Waals surface area contributed by atoms with E-state index in [0.717, 1.165) is 76.8 Å². The van der Waals surface area contributed by atoms with E-state index in [2.05, 4.69) is 22.0 Å². The molecule has 2 aliphatic heterocycles. The first-order chi connectivity index (χ1) is 12.8. The van der Waals surface area contributed by atoms with E-state index in [1.165, 1.54) is 12.5 Å². The fraction of sp³-hybridized carbons (Fsp3) is 0.650. The van der Waals surface area contributed by atoms with Crippen LogP contribution in [0.1, 0.15) is 25.3 Å². The minimum atomic E-state index is -0.162. The summed E-state index contributed by atoms with van der Waals surface area (Å²) in [5.41, 5.74) is 1.04. The van der Waals surface area contributed by atoms with Crippen molar-refractivity contribution in [1.82, 2.24) is 15.1 Å². The predicted octanol–water partition coefficient (Wildman–Crippen LogP) is 2.13. The van der Waals surface area contributed by atoms with Gasteiger partial charge in [-0.05, 0) is 43.9 Å². The Morgan fingerprint density at radius 3 is 2.92 bits per heavy atom. The first-order valence-electron chi connectivity index (χ1n) is 9.85. The molecule has 1 unspecified atom stereocenters. The number of morpholine rings is 1. The molecule has 0 aliphatic carbocycles. The molecule has 1 atom stereocenters. The Labute approximate surface area is 156 Å². The normalized spacial score (nSPS) is 22.0. The summed E-state index contributed by atoms with van der Waals surface area (Å²) < 4.78 is 18.7. The van der Waals surface area contributed by atoms with E-state index in [4.69, 9.17) is 9.73 Å². The van der Waals surface area contributed by atoms with Gasteiger partial charge < -0.3 is 15.0 Å². The van der Waals surface area contributed by atoms with Crippen molar-refractivity contribution in [2.75, 3.05) is 52.5 Å². The third kappa shape index (κ3) is 5.42. The molecule has 0 saturated carbocycles. The van der Waals surface area contributed by atoms with Crippen molar-refractivity contribution in [3.63, 3.8) is 0 Å². The SMILES string of the molecule is CCNC(=NCCCc1cccc(F)c1)N1CCC(N2CCOCC2)C1. The molecule has 0 bridgehead atoms. The van der Waals surface area contributed by atoms with Crippen LogP contribution in [0.15, 0.2) is 29.3 Å². The summed E-state index contributed by atoms with van der Waals surface area (Å²) in [5, 5.41) is 3.43. The number of nitrogens with zero attached hydrogens (tertiary/aromatic N) is 3. The molecule has 3 rings (SSSR count). The molecule has 1 aromatic carbocycles. The highest BCUT2D eigenvalue weighted by Crippen LogP contribution is 2.17. The van der Waals surface area contributed by atoms with Crippen LogP contribution in [0.2, 0.25) is 0 Å². The van der Waals surface area contributed by atoms with E-state index in [9.17, 15) is 4.39 Å². The third-order valence-corrected chi connectivity index (χ3v) is 5.13. The standard InChI is InChI=1S/C20H31FN4O/c1-2-22-20(23-9-4-6-17-5-3-7-18(21)15-17)25-10-8-19(16-25)24-11-13-26-14-12-24/h3,5,7,15,19H,2,4,6,8-14,16H2,1H3,(H,22,23). The number of hydrogen-bond donors (Lipinski definition) is 1. The molecule has 2 heterocycles. The number of ether oxygens (including phenoxy) is 1. The molecule has 1 aromatic rings. The number of aryl methyl sites for hydroxylation is 1. The largest absolute Gasteiger partial charge is 0.379 e. The highest BCUT2D eigenvalue weighted by atomic mass is 19.1. The molecule has 0 spiro atoms. The summed E-state index contributed by atoms with van der Waals surface area (Å²) in [6.07, 6.45) is 2.98. The van der Waals surface area contributed by atoms with E-state index in [1.54, 1.807) is 12.1 Å². The zero-order valence-corrected chi connectivity index (χ0v) is 15.8. The van der Waals surface area contributed by atoms with Crippen LogP contribution >= 0.6 is 0 Å². The van der Waals surface area contributed by atoms with Crippen molar-refractivity contribution >= 4 is 5.96 Å². The lowest BCUT2D eigenvalue weighted by Gasteiger charge is -2.32. The first-order valence-corrected chi connectivity index (χ1v) is 9.85. The molecule has 2 saturated heterocycles. The molecule has 2 aliphatic rings. The minimum absolute atomic E-state index is 0.162. The van der Waals surface area contributed by atoms with Crippen molar-refractivity contribution in [3.8, 4) is 0 Å². The maximum Gasteiger partial charge on any atom is 0.193 e. The van der Waals surface area contributed by atoms with Gasteiger partial charge in [0, 0.05) is 45.3 Å². The second-order valence-corrected chi connectivity index (χ2v) is 7.01. The summed E-state index contributed by atoms with van der Waals surface area (Å²) in [4.78, 5) is 9.74. The molecule has 6 heteroatoms. The lowest BCUT2D eigenvalue weighted by atomic mass is 10.1. The summed E-state index contributed by atoms with van der Waals surface area (Å²) in [6.45, 7) is 9.62. The van der Waals surface area contributed by atoms with Gasteiger partial charge in [-0.25, -0.2) is 4.39 Å². The first kappa shape index (κ1) is 19.1. The van der Waals surface area contributed by atoms with E-state index < -0.39 is 0 Å². The average Bonchev–Trinajstić information content (AvgIpc) is 3.15. The molecule has 0 radical (unpaired) electrons. The summed E-state index contributed by atoms with van der Waals surface area (Å²) in [7, 11) is 0. The van der Waals surface area contributed by atoms with Crippen LogP contribution < -0.4 is 5.32 Å². The number of rotatable bonds is 6. The smallest absolute Gasteiger partial charge is 0.193 e. The van der Waals surface area contributed by atoms with Gasteiger partial charge in [-0.1, -0.05) is 12.1 Å². The fourth-order valence-corrected chi connectivity index (χ4v) is 3.76. The molecule has 0 amide bonds. The molecule has 26 heavy (non-hydrogen) atoms. The lowest BCUT2D eigenvalue weighted by molar-refractivity contribution is 0.0195. The van der Waals surface area contributed by atoms with Crippen molar-refractivity contribution in [3.05, 3.63) is 35.6 Å². The number of nitrogens with one attached hydrogen (secondary N) is 1. The quantitative estimate of drug-likeness (QED) is 0.478. The average molecular weight is 362 g/mol. The molecule has 2 fully saturated rings. The highest BCUT2D eigenvalue weighted by molar-refractivity contribution is 5.80. The van der Waals surface area contributed by atoms with Crippen LogP contribution in [-0.4, -0.2) is 74.3 Å². The number of halogens is 1. The maximum atomic E-state index is 13.2. The number of aliphatic imine (C=N–C) groups is 1. The van der Waals surface area contributed by atoms with Gasteiger partial charge in [0.05, 0.1) is 13.2 Å². The second kappa shape index (κ2) is 9.88. The third-order valence-electron chi connectivity index (χ3n) is 5.13. The summed E-state index contributed by atoms with van der Waals surface area (Å²) in [6, 6.07) is 7.46. The molecular weight excluding hydrogens is 331 g/mol. The molecule has 0 aromatic heterocycles. The molecular formula is C20H31FN4O. The van der Waals surface area contributed by atoms with E-state index in [-0.39, 0.29) is 5.82 Å². The summed E-state index contributed by atoms with van der Waals surface area (Å²) in [5.74, 6) is 0.855. The Morgan fingerprint density at radius 2 is 2.15 bits per heavy atom. The van der Waals surface area contributed by atoms with Gasteiger partial charge >= 0.3 is 0 Å². The molecule has 5 nitrogen and oxygen atoms in total. The fourth-order valence-electron chi connectivity index (χ4n) is 3.76. The molecule has 144 valence electrons. The zero-order chi connectivity index (χ0) is 18.2. The van der Waals surface area contributed by atoms with Crippen LogP contribution in [-0.2, 0) is 11.2 Å². The van der Waals surface area contributed by atoms with Crippen molar-refractivity contribution in [1.29, 1.82) is 0 Å². The number of guanidine groups is 1. The van der Waals surface area contributed by atoms with E-state index >= 15 is 0 Å². The Morgan fingerprint density at radius 1 is 1.31 bits per heavy atom. The van der Waals surface area contributed by atoms with Gasteiger partial charge in [0.1, 0.15) is 5.82 Å². The van der Waals surface area contributed by atoms with Gasteiger partial charge in [-0.2, -0.15) is 0 Å². The minimum Gasteiger partial charge on any atom is -0.379 e. The van der Waals surface area contributed by atoms with E-state index in [0.29, 0.717) is 6.04 Å².